The predicted octanol–water partition coefficient (Wildman–Crippen LogP) is 4.24. The van der Waals surface area contributed by atoms with Crippen molar-refractivity contribution in [1.82, 2.24) is 10.2 Å². The van der Waals surface area contributed by atoms with Crippen LogP contribution in [0.3, 0.4) is 0 Å². The van der Waals surface area contributed by atoms with Gasteiger partial charge in [-0.1, -0.05) is 36.4 Å². The number of anilines is 2. The zero-order valence-corrected chi connectivity index (χ0v) is 19.2. The number of benzene rings is 3. The summed E-state index contributed by atoms with van der Waals surface area (Å²) in [5.41, 5.74) is 1.23. The quantitative estimate of drug-likeness (QED) is 0.563. The van der Waals surface area contributed by atoms with Gasteiger partial charge in [-0.3, -0.25) is 14.5 Å². The first-order valence-electron chi connectivity index (χ1n) is 11.7. The molecule has 0 spiro atoms. The second-order valence-electron chi connectivity index (χ2n) is 9.15. The Bertz CT molecular complexity index is 1250. The third-order valence-electron chi connectivity index (χ3n) is 6.78. The Morgan fingerprint density at radius 3 is 2.38 bits per heavy atom. The molecule has 0 aliphatic carbocycles. The Labute approximate surface area is 198 Å². The molecule has 2 aliphatic rings. The molecule has 2 heterocycles. The molecule has 3 aromatic rings. The van der Waals surface area contributed by atoms with Gasteiger partial charge < -0.3 is 15.5 Å². The van der Waals surface area contributed by atoms with Crippen LogP contribution in [0.2, 0.25) is 0 Å². The number of hydrogen-bond acceptors (Lipinski definition) is 4. The molecular weight excluding hydrogens is 428 g/mol. The Balaban J connectivity index is 1.26. The zero-order chi connectivity index (χ0) is 23.7. The minimum absolute atomic E-state index is 0.346. The molecular formula is C27H28N4O3. The highest BCUT2D eigenvalue weighted by Crippen LogP contribution is 2.31. The van der Waals surface area contributed by atoms with Crippen LogP contribution in [0.4, 0.5) is 16.2 Å². The van der Waals surface area contributed by atoms with Crippen molar-refractivity contribution in [3.05, 3.63) is 72.3 Å². The summed E-state index contributed by atoms with van der Waals surface area (Å²) in [6, 6.07) is 20.6. The molecule has 0 bridgehead atoms. The van der Waals surface area contributed by atoms with E-state index in [-0.39, 0.29) is 6.54 Å². The van der Waals surface area contributed by atoms with Gasteiger partial charge in [0.15, 0.2) is 0 Å². The van der Waals surface area contributed by atoms with E-state index in [2.05, 4.69) is 15.5 Å². The number of fused-ring (bicyclic) bond motifs is 1. The topological polar surface area (TPSA) is 81.8 Å². The lowest BCUT2D eigenvalue weighted by atomic mass is 9.90. The number of rotatable bonds is 5. The third kappa shape index (κ3) is 4.09. The van der Waals surface area contributed by atoms with Crippen molar-refractivity contribution in [3.63, 3.8) is 0 Å². The Kier molecular flexibility index (Phi) is 5.69. The molecule has 2 N–H and O–H groups in total. The largest absolute Gasteiger partial charge is 0.372 e. The highest BCUT2D eigenvalue weighted by atomic mass is 16.2. The summed E-state index contributed by atoms with van der Waals surface area (Å²) in [7, 11) is 0. The van der Waals surface area contributed by atoms with Crippen LogP contribution >= 0.6 is 0 Å². The van der Waals surface area contributed by atoms with Crippen LogP contribution in [0.15, 0.2) is 66.7 Å². The summed E-state index contributed by atoms with van der Waals surface area (Å²) >= 11 is 0. The number of amides is 4. The molecule has 1 atom stereocenters. The average Bonchev–Trinajstić information content (AvgIpc) is 3.08. The van der Waals surface area contributed by atoms with Gasteiger partial charge in [0, 0.05) is 24.5 Å². The number of hydrogen-bond donors (Lipinski definition) is 2. The van der Waals surface area contributed by atoms with Crippen LogP contribution in [-0.2, 0) is 15.1 Å². The van der Waals surface area contributed by atoms with Crippen molar-refractivity contribution < 1.29 is 14.4 Å². The average molecular weight is 457 g/mol. The lowest BCUT2D eigenvalue weighted by molar-refractivity contribution is -0.133. The molecule has 0 aromatic heterocycles. The van der Waals surface area contributed by atoms with Crippen molar-refractivity contribution in [1.29, 1.82) is 0 Å². The fourth-order valence-corrected chi connectivity index (χ4v) is 4.79. The van der Waals surface area contributed by atoms with Crippen molar-refractivity contribution in [3.8, 4) is 0 Å². The predicted molar refractivity (Wildman–Crippen MR) is 133 cm³/mol. The lowest BCUT2D eigenvalue weighted by Crippen LogP contribution is -2.42. The van der Waals surface area contributed by atoms with E-state index in [9.17, 15) is 14.4 Å². The van der Waals surface area contributed by atoms with Crippen molar-refractivity contribution in [2.75, 3.05) is 29.9 Å². The Hall–Kier alpha value is -3.87. The fraction of sp³-hybridized carbons (Fsp3) is 0.296. The molecule has 5 rings (SSSR count). The number of carbonyl (C=O) groups is 3. The maximum Gasteiger partial charge on any atom is 0.325 e. The van der Waals surface area contributed by atoms with Gasteiger partial charge in [-0.05, 0) is 72.9 Å². The van der Waals surface area contributed by atoms with E-state index >= 15 is 0 Å². The molecule has 3 aromatic carbocycles. The molecule has 0 radical (unpaired) electrons. The standard InChI is InChI=1S/C27H28N4O3/c1-27(21-10-9-19-7-3-4-8-20(19)17-21)25(33)31(26(34)29-27)18-24(32)28-22-11-13-23(14-12-22)30-15-5-2-6-16-30/h3-4,7-14,17H,2,5-6,15-16,18H2,1H3,(H,28,32)(H,29,34). The van der Waals surface area contributed by atoms with E-state index in [0.717, 1.165) is 34.4 Å². The van der Waals surface area contributed by atoms with Crippen molar-refractivity contribution in [2.45, 2.75) is 31.7 Å². The number of urea groups is 1. The maximum atomic E-state index is 13.2. The molecule has 4 amide bonds. The van der Waals surface area contributed by atoms with Gasteiger partial charge in [0.1, 0.15) is 12.1 Å². The van der Waals surface area contributed by atoms with E-state index in [4.69, 9.17) is 0 Å². The molecule has 7 nitrogen and oxygen atoms in total. The van der Waals surface area contributed by atoms with Crippen LogP contribution in [0.25, 0.3) is 10.8 Å². The number of carbonyl (C=O) groups excluding carboxylic acids is 3. The zero-order valence-electron chi connectivity index (χ0n) is 19.2. The number of imide groups is 1. The molecule has 2 aliphatic heterocycles. The van der Waals surface area contributed by atoms with Gasteiger partial charge in [-0.15, -0.1) is 0 Å². The van der Waals surface area contributed by atoms with Gasteiger partial charge in [-0.25, -0.2) is 4.79 Å². The smallest absolute Gasteiger partial charge is 0.325 e. The van der Waals surface area contributed by atoms with Crippen LogP contribution < -0.4 is 15.5 Å². The Morgan fingerprint density at radius 2 is 1.65 bits per heavy atom. The van der Waals surface area contributed by atoms with Crippen molar-refractivity contribution >= 4 is 40.0 Å². The van der Waals surface area contributed by atoms with Crippen LogP contribution in [0.5, 0.6) is 0 Å². The van der Waals surface area contributed by atoms with Crippen LogP contribution in [-0.4, -0.2) is 42.4 Å². The number of nitrogens with one attached hydrogen (secondary N) is 2. The van der Waals surface area contributed by atoms with Gasteiger partial charge in [0.05, 0.1) is 0 Å². The first-order valence-corrected chi connectivity index (χ1v) is 11.7. The summed E-state index contributed by atoms with van der Waals surface area (Å²) in [6.07, 6.45) is 3.67. The first-order chi connectivity index (χ1) is 16.4. The first kappa shape index (κ1) is 21.9. The molecule has 0 saturated carbocycles. The second kappa shape index (κ2) is 8.82. The number of nitrogens with zero attached hydrogens (tertiary/aromatic N) is 2. The van der Waals surface area contributed by atoms with Gasteiger partial charge in [0.25, 0.3) is 5.91 Å². The molecule has 7 heteroatoms. The summed E-state index contributed by atoms with van der Waals surface area (Å²) in [5.74, 6) is -0.861. The molecule has 34 heavy (non-hydrogen) atoms. The van der Waals surface area contributed by atoms with E-state index in [1.54, 1.807) is 6.92 Å². The minimum Gasteiger partial charge on any atom is -0.372 e. The lowest BCUT2D eigenvalue weighted by Gasteiger charge is -2.28. The highest BCUT2D eigenvalue weighted by Gasteiger charge is 2.49. The molecule has 2 fully saturated rings. The van der Waals surface area contributed by atoms with Crippen molar-refractivity contribution in [2.24, 2.45) is 0 Å². The minimum atomic E-state index is -1.22. The number of piperidine rings is 1. The molecule has 2 saturated heterocycles. The second-order valence-corrected chi connectivity index (χ2v) is 9.15. The van der Waals surface area contributed by atoms with Gasteiger partial charge in [-0.2, -0.15) is 0 Å². The van der Waals surface area contributed by atoms with E-state index in [1.165, 1.54) is 19.3 Å². The van der Waals surface area contributed by atoms with E-state index < -0.39 is 23.4 Å². The van der Waals surface area contributed by atoms with Crippen LogP contribution in [0.1, 0.15) is 31.7 Å². The monoisotopic (exact) mass is 456 g/mol. The third-order valence-corrected chi connectivity index (χ3v) is 6.78. The highest BCUT2D eigenvalue weighted by molar-refractivity contribution is 6.10. The Morgan fingerprint density at radius 1 is 0.941 bits per heavy atom. The summed E-state index contributed by atoms with van der Waals surface area (Å²) in [4.78, 5) is 41.9. The summed E-state index contributed by atoms with van der Waals surface area (Å²) < 4.78 is 0. The maximum absolute atomic E-state index is 13.2. The normalized spacial score (nSPS) is 20.5. The fourth-order valence-electron chi connectivity index (χ4n) is 4.79. The van der Waals surface area contributed by atoms with Crippen LogP contribution in [0, 0.1) is 0 Å². The van der Waals surface area contributed by atoms with E-state index in [1.807, 2.05) is 66.7 Å². The molecule has 1 unspecified atom stereocenters. The van der Waals surface area contributed by atoms with Gasteiger partial charge >= 0.3 is 6.03 Å². The summed E-state index contributed by atoms with van der Waals surface area (Å²) in [6.45, 7) is 3.43. The SMILES string of the molecule is CC1(c2ccc3ccccc3c2)NC(=O)N(CC(=O)Nc2ccc(N3CCCCC3)cc2)C1=O. The summed E-state index contributed by atoms with van der Waals surface area (Å²) in [5, 5.41) is 7.61. The van der Waals surface area contributed by atoms with E-state index in [0.29, 0.717) is 11.3 Å². The molecule has 174 valence electrons. The van der Waals surface area contributed by atoms with Gasteiger partial charge in [0.2, 0.25) is 5.91 Å².